The number of nitrogens with zero attached hydrogens (tertiary/aromatic N) is 4. The Bertz CT molecular complexity index is 855. The molecule has 0 spiro atoms. The molecule has 1 N–H and O–H groups in total. The Morgan fingerprint density at radius 3 is 2.50 bits per heavy atom. The average molecular weight is 352 g/mol. The fraction of sp³-hybridized carbons (Fsp3) is 0.0667. The Morgan fingerprint density at radius 2 is 1.83 bits per heavy atom. The molecule has 3 aromatic heterocycles. The minimum atomic E-state index is -4.51. The lowest BCUT2D eigenvalue weighted by Crippen LogP contribution is -2.07. The van der Waals surface area contributed by atoms with Crippen molar-refractivity contribution in [3.8, 4) is 11.4 Å². The predicted octanol–water partition coefficient (Wildman–Crippen LogP) is 4.35. The van der Waals surface area contributed by atoms with Gasteiger partial charge in [-0.3, -0.25) is 9.97 Å². The van der Waals surface area contributed by atoms with E-state index in [1.807, 2.05) is 0 Å². The lowest BCUT2D eigenvalue weighted by Gasteiger charge is -2.10. The van der Waals surface area contributed by atoms with E-state index in [0.717, 1.165) is 6.07 Å². The second-order valence-corrected chi connectivity index (χ2v) is 5.09. The molecular weight excluding hydrogens is 343 g/mol. The Balaban J connectivity index is 1.87. The second-order valence-electron chi connectivity index (χ2n) is 4.68. The fourth-order valence-electron chi connectivity index (χ4n) is 1.87. The predicted molar refractivity (Wildman–Crippen MR) is 82.8 cm³/mol. The molecule has 0 saturated heterocycles. The van der Waals surface area contributed by atoms with E-state index in [0.29, 0.717) is 17.6 Å². The van der Waals surface area contributed by atoms with Gasteiger partial charge in [0.15, 0.2) is 5.82 Å². The molecule has 0 aromatic carbocycles. The van der Waals surface area contributed by atoms with Gasteiger partial charge in [-0.15, -0.1) is 0 Å². The van der Waals surface area contributed by atoms with Gasteiger partial charge in [-0.05, 0) is 18.2 Å². The maximum atomic E-state index is 12.6. The van der Waals surface area contributed by atoms with Crippen molar-refractivity contribution in [2.24, 2.45) is 0 Å². The Labute approximate surface area is 139 Å². The molecule has 0 radical (unpaired) electrons. The molecule has 0 saturated carbocycles. The van der Waals surface area contributed by atoms with E-state index in [9.17, 15) is 13.2 Å². The van der Waals surface area contributed by atoms with E-state index in [-0.39, 0.29) is 16.7 Å². The summed E-state index contributed by atoms with van der Waals surface area (Å²) >= 11 is 5.86. The van der Waals surface area contributed by atoms with Crippen LogP contribution in [0.5, 0.6) is 0 Å². The van der Waals surface area contributed by atoms with Gasteiger partial charge < -0.3 is 5.32 Å². The number of aromatic nitrogens is 4. The largest absolute Gasteiger partial charge is 0.417 e. The molecule has 0 aliphatic carbocycles. The SMILES string of the molecule is FC(F)(F)c1cnc(Nc2cncc(-c3ccccn3)n2)c(Cl)c1. The van der Waals surface area contributed by atoms with Gasteiger partial charge in [0.05, 0.1) is 28.7 Å². The van der Waals surface area contributed by atoms with Crippen molar-refractivity contribution in [2.45, 2.75) is 6.18 Å². The molecule has 3 heterocycles. The van der Waals surface area contributed by atoms with Crippen molar-refractivity contribution in [3.05, 3.63) is 59.6 Å². The summed E-state index contributed by atoms with van der Waals surface area (Å²) in [6.45, 7) is 0. The van der Waals surface area contributed by atoms with Gasteiger partial charge in [0.25, 0.3) is 0 Å². The lowest BCUT2D eigenvalue weighted by atomic mass is 10.2. The van der Waals surface area contributed by atoms with E-state index in [4.69, 9.17) is 11.6 Å². The van der Waals surface area contributed by atoms with E-state index < -0.39 is 11.7 Å². The van der Waals surface area contributed by atoms with Crippen molar-refractivity contribution in [1.82, 2.24) is 19.9 Å². The molecule has 24 heavy (non-hydrogen) atoms. The number of nitrogens with one attached hydrogen (secondary N) is 1. The maximum Gasteiger partial charge on any atom is 0.417 e. The van der Waals surface area contributed by atoms with E-state index in [1.165, 1.54) is 12.4 Å². The Morgan fingerprint density at radius 1 is 1.00 bits per heavy atom. The van der Waals surface area contributed by atoms with Crippen LogP contribution in [0.2, 0.25) is 5.02 Å². The van der Waals surface area contributed by atoms with Crippen molar-refractivity contribution in [2.75, 3.05) is 5.32 Å². The number of halogens is 4. The molecule has 0 aliphatic heterocycles. The number of anilines is 2. The molecule has 0 bridgehead atoms. The summed E-state index contributed by atoms with van der Waals surface area (Å²) in [5.41, 5.74) is 0.190. The zero-order valence-corrected chi connectivity index (χ0v) is 12.7. The van der Waals surface area contributed by atoms with Gasteiger partial charge in [0.2, 0.25) is 0 Å². The summed E-state index contributed by atoms with van der Waals surface area (Å²) in [6, 6.07) is 6.13. The summed E-state index contributed by atoms with van der Waals surface area (Å²) in [4.78, 5) is 16.2. The summed E-state index contributed by atoms with van der Waals surface area (Å²) < 4.78 is 37.9. The molecule has 0 fully saturated rings. The number of rotatable bonds is 3. The maximum absolute atomic E-state index is 12.6. The average Bonchev–Trinajstić information content (AvgIpc) is 2.57. The van der Waals surface area contributed by atoms with Crippen molar-refractivity contribution >= 4 is 23.2 Å². The van der Waals surface area contributed by atoms with Crippen molar-refractivity contribution < 1.29 is 13.2 Å². The van der Waals surface area contributed by atoms with Crippen LogP contribution in [0.4, 0.5) is 24.8 Å². The monoisotopic (exact) mass is 351 g/mol. The zero-order valence-electron chi connectivity index (χ0n) is 11.9. The molecule has 5 nitrogen and oxygen atoms in total. The molecule has 3 rings (SSSR count). The van der Waals surface area contributed by atoms with Crippen molar-refractivity contribution in [3.63, 3.8) is 0 Å². The third kappa shape index (κ3) is 3.60. The topological polar surface area (TPSA) is 63.6 Å². The third-order valence-corrected chi connectivity index (χ3v) is 3.26. The first-order valence-corrected chi connectivity index (χ1v) is 7.04. The van der Waals surface area contributed by atoms with Gasteiger partial charge in [-0.1, -0.05) is 17.7 Å². The number of pyridine rings is 2. The highest BCUT2D eigenvalue weighted by molar-refractivity contribution is 6.33. The molecule has 9 heteroatoms. The summed E-state index contributed by atoms with van der Waals surface area (Å²) in [7, 11) is 0. The quantitative estimate of drug-likeness (QED) is 0.760. The van der Waals surface area contributed by atoms with Crippen LogP contribution < -0.4 is 5.32 Å². The first-order valence-electron chi connectivity index (χ1n) is 6.67. The Hall–Kier alpha value is -2.74. The fourth-order valence-corrected chi connectivity index (χ4v) is 2.08. The highest BCUT2D eigenvalue weighted by atomic mass is 35.5. The molecule has 0 atom stereocenters. The third-order valence-electron chi connectivity index (χ3n) is 2.98. The highest BCUT2D eigenvalue weighted by Crippen LogP contribution is 2.33. The van der Waals surface area contributed by atoms with Gasteiger partial charge in [-0.25, -0.2) is 9.97 Å². The van der Waals surface area contributed by atoms with Gasteiger partial charge in [0.1, 0.15) is 11.5 Å². The second kappa shape index (κ2) is 6.40. The smallest absolute Gasteiger partial charge is 0.322 e. The van der Waals surface area contributed by atoms with Crippen LogP contribution in [0, 0.1) is 0 Å². The Kier molecular flexibility index (Phi) is 4.30. The van der Waals surface area contributed by atoms with Crippen LogP contribution in [0.25, 0.3) is 11.4 Å². The van der Waals surface area contributed by atoms with Gasteiger partial charge >= 0.3 is 6.18 Å². The van der Waals surface area contributed by atoms with Crippen LogP contribution in [0.3, 0.4) is 0 Å². The highest BCUT2D eigenvalue weighted by Gasteiger charge is 2.31. The zero-order chi connectivity index (χ0) is 17.2. The van der Waals surface area contributed by atoms with Gasteiger partial charge in [-0.2, -0.15) is 13.2 Å². The number of hydrogen-bond donors (Lipinski definition) is 1. The van der Waals surface area contributed by atoms with Crippen LogP contribution in [-0.2, 0) is 6.18 Å². The lowest BCUT2D eigenvalue weighted by molar-refractivity contribution is -0.137. The molecular formula is C15H9ClF3N5. The van der Waals surface area contributed by atoms with Gasteiger partial charge in [0, 0.05) is 12.4 Å². The molecule has 0 amide bonds. The minimum absolute atomic E-state index is 0.0529. The summed E-state index contributed by atoms with van der Waals surface area (Å²) in [6.07, 6.45) is 0.737. The van der Waals surface area contributed by atoms with Crippen LogP contribution in [-0.4, -0.2) is 19.9 Å². The van der Waals surface area contributed by atoms with Crippen molar-refractivity contribution in [1.29, 1.82) is 0 Å². The number of alkyl halides is 3. The minimum Gasteiger partial charge on any atom is -0.322 e. The first kappa shape index (κ1) is 16.1. The van der Waals surface area contributed by atoms with Crippen LogP contribution >= 0.6 is 11.6 Å². The van der Waals surface area contributed by atoms with Crippen LogP contribution in [0.15, 0.2) is 49.1 Å². The molecule has 3 aromatic rings. The standard InChI is InChI=1S/C15H9ClF3N5/c16-10-5-9(15(17,18)19)6-22-14(10)24-13-8-20-7-12(23-13)11-3-1-2-4-21-11/h1-8H,(H,22,23,24). The summed E-state index contributed by atoms with van der Waals surface area (Å²) in [5.74, 6) is 0.337. The first-order chi connectivity index (χ1) is 11.4. The molecule has 122 valence electrons. The van der Waals surface area contributed by atoms with E-state index in [2.05, 4.69) is 25.3 Å². The molecule has 0 unspecified atom stereocenters. The molecule has 0 aliphatic rings. The van der Waals surface area contributed by atoms with E-state index >= 15 is 0 Å². The van der Waals surface area contributed by atoms with E-state index in [1.54, 1.807) is 24.4 Å². The summed E-state index contributed by atoms with van der Waals surface area (Å²) in [5, 5.41) is 2.58. The number of hydrogen-bond acceptors (Lipinski definition) is 5. The normalized spacial score (nSPS) is 11.3. The van der Waals surface area contributed by atoms with Crippen LogP contribution in [0.1, 0.15) is 5.56 Å².